The van der Waals surface area contributed by atoms with Crippen LogP contribution in [-0.4, -0.2) is 21.3 Å². The molecule has 0 aliphatic heterocycles. The lowest BCUT2D eigenvalue weighted by molar-refractivity contribution is 0.396. The monoisotopic (exact) mass is 277 g/mol. The standard InChI is InChI=1S/C7H5BrFN3OS/c1-13-7-5(8)2-4-3-10-12(14-9)6(4)11-7/h2-3H,1H3. The summed E-state index contributed by atoms with van der Waals surface area (Å²) < 4.78 is 19.1. The highest BCUT2D eigenvalue weighted by Gasteiger charge is 2.10. The number of fused-ring (bicyclic) bond motifs is 1. The van der Waals surface area contributed by atoms with E-state index >= 15 is 0 Å². The van der Waals surface area contributed by atoms with Gasteiger partial charge in [0, 0.05) is 5.39 Å². The van der Waals surface area contributed by atoms with Crippen LogP contribution in [-0.2, 0) is 0 Å². The van der Waals surface area contributed by atoms with Gasteiger partial charge in [0.1, 0.15) is 0 Å². The Morgan fingerprint density at radius 2 is 2.43 bits per heavy atom. The SMILES string of the molecule is COc1nc2c(cnn2SF)cc1Br. The number of aromatic nitrogens is 3. The van der Waals surface area contributed by atoms with E-state index < -0.39 is 0 Å². The predicted molar refractivity (Wildman–Crippen MR) is 55.9 cm³/mol. The number of ether oxygens (including phenoxy) is 1. The van der Waals surface area contributed by atoms with Gasteiger partial charge in [-0.15, -0.1) is 3.89 Å². The molecule has 0 spiro atoms. The van der Waals surface area contributed by atoms with Crippen molar-refractivity contribution in [1.29, 1.82) is 0 Å². The highest BCUT2D eigenvalue weighted by Crippen LogP contribution is 2.28. The molecule has 0 amide bonds. The Labute approximate surface area is 92.0 Å². The van der Waals surface area contributed by atoms with Crippen LogP contribution in [0.1, 0.15) is 0 Å². The Hall–Kier alpha value is -0.820. The molecule has 2 aromatic heterocycles. The maximum absolute atomic E-state index is 12.3. The predicted octanol–water partition coefficient (Wildman–Crippen LogP) is 2.58. The molecule has 14 heavy (non-hydrogen) atoms. The van der Waals surface area contributed by atoms with Crippen LogP contribution in [0.25, 0.3) is 11.0 Å². The minimum Gasteiger partial charge on any atom is -0.480 e. The van der Waals surface area contributed by atoms with Gasteiger partial charge in [0.05, 0.1) is 17.8 Å². The molecule has 0 radical (unpaired) electrons. The molecule has 0 unspecified atom stereocenters. The van der Waals surface area contributed by atoms with E-state index in [-0.39, 0.29) is 12.3 Å². The summed E-state index contributed by atoms with van der Waals surface area (Å²) in [6, 6.07) is 1.78. The first-order valence-corrected chi connectivity index (χ1v) is 5.10. The van der Waals surface area contributed by atoms with Crippen molar-refractivity contribution in [3.05, 3.63) is 16.7 Å². The Morgan fingerprint density at radius 3 is 3.07 bits per heavy atom. The highest BCUT2D eigenvalue weighted by molar-refractivity contribution is 9.10. The van der Waals surface area contributed by atoms with Crippen LogP contribution < -0.4 is 4.74 Å². The first-order valence-electron chi connectivity index (χ1n) is 3.63. The molecule has 0 saturated heterocycles. The van der Waals surface area contributed by atoms with Crippen molar-refractivity contribution in [2.45, 2.75) is 0 Å². The summed E-state index contributed by atoms with van der Waals surface area (Å²) >= 11 is 3.29. The van der Waals surface area contributed by atoms with Gasteiger partial charge in [-0.05, 0) is 22.0 Å². The van der Waals surface area contributed by atoms with Gasteiger partial charge in [-0.2, -0.15) is 14.2 Å². The number of methoxy groups -OCH3 is 1. The van der Waals surface area contributed by atoms with Gasteiger partial charge in [-0.25, -0.2) is 0 Å². The molecule has 74 valence electrons. The second-order valence-electron chi connectivity index (χ2n) is 2.48. The molecule has 0 N–H and O–H groups in total. The Kier molecular flexibility index (Phi) is 2.60. The lowest BCUT2D eigenvalue weighted by Gasteiger charge is -2.01. The molecular weight excluding hydrogens is 273 g/mol. The van der Waals surface area contributed by atoms with E-state index in [2.05, 4.69) is 26.0 Å². The van der Waals surface area contributed by atoms with Crippen LogP contribution in [0.4, 0.5) is 3.89 Å². The number of hydrogen-bond acceptors (Lipinski definition) is 4. The summed E-state index contributed by atoms with van der Waals surface area (Å²) in [7, 11) is 1.50. The number of pyridine rings is 1. The lowest BCUT2D eigenvalue weighted by atomic mass is 10.3. The summed E-state index contributed by atoms with van der Waals surface area (Å²) in [4.78, 5) is 4.09. The summed E-state index contributed by atoms with van der Waals surface area (Å²) in [5.41, 5.74) is 0.442. The van der Waals surface area contributed by atoms with E-state index in [9.17, 15) is 3.89 Å². The van der Waals surface area contributed by atoms with Gasteiger partial charge < -0.3 is 4.74 Å². The molecule has 0 atom stereocenters. The zero-order chi connectivity index (χ0) is 10.1. The fourth-order valence-electron chi connectivity index (χ4n) is 1.09. The molecule has 0 aliphatic carbocycles. The third kappa shape index (κ3) is 1.46. The fraction of sp³-hybridized carbons (Fsp3) is 0.143. The van der Waals surface area contributed by atoms with Crippen molar-refractivity contribution >= 4 is 39.3 Å². The summed E-state index contributed by atoms with van der Waals surface area (Å²) in [6.07, 6.45) is 1.54. The lowest BCUT2D eigenvalue weighted by Crippen LogP contribution is -1.92. The van der Waals surface area contributed by atoms with Crippen molar-refractivity contribution in [2.75, 3.05) is 7.11 Å². The number of nitrogens with zero attached hydrogens (tertiary/aromatic N) is 3. The fourth-order valence-corrected chi connectivity index (χ4v) is 1.88. The first kappa shape index (κ1) is 9.72. The zero-order valence-corrected chi connectivity index (χ0v) is 9.47. The average Bonchev–Trinajstić information content (AvgIpc) is 2.58. The maximum atomic E-state index is 12.3. The molecule has 0 saturated carbocycles. The normalized spacial score (nSPS) is 10.8. The van der Waals surface area contributed by atoms with E-state index in [4.69, 9.17) is 4.74 Å². The molecular formula is C7H5BrFN3OS. The molecule has 7 heteroatoms. The van der Waals surface area contributed by atoms with E-state index in [0.717, 1.165) is 13.9 Å². The van der Waals surface area contributed by atoms with E-state index in [1.807, 2.05) is 0 Å². The van der Waals surface area contributed by atoms with Crippen molar-refractivity contribution in [1.82, 2.24) is 14.2 Å². The van der Waals surface area contributed by atoms with Crippen LogP contribution in [0, 0.1) is 0 Å². The topological polar surface area (TPSA) is 39.9 Å². The van der Waals surface area contributed by atoms with E-state index in [0.29, 0.717) is 11.5 Å². The second kappa shape index (κ2) is 3.74. The van der Waals surface area contributed by atoms with Crippen LogP contribution >= 0.6 is 28.3 Å². The van der Waals surface area contributed by atoms with Crippen molar-refractivity contribution in [2.24, 2.45) is 0 Å². The molecule has 0 aliphatic rings. The van der Waals surface area contributed by atoms with Gasteiger partial charge in [0.15, 0.2) is 18.0 Å². The van der Waals surface area contributed by atoms with Gasteiger partial charge in [0.2, 0.25) is 5.88 Å². The molecule has 2 heterocycles. The Morgan fingerprint density at radius 1 is 1.64 bits per heavy atom. The van der Waals surface area contributed by atoms with Crippen LogP contribution in [0.15, 0.2) is 16.7 Å². The van der Waals surface area contributed by atoms with Crippen LogP contribution in [0.3, 0.4) is 0 Å². The highest BCUT2D eigenvalue weighted by atomic mass is 79.9. The van der Waals surface area contributed by atoms with Gasteiger partial charge in [-0.3, -0.25) is 0 Å². The van der Waals surface area contributed by atoms with Crippen molar-refractivity contribution < 1.29 is 8.62 Å². The van der Waals surface area contributed by atoms with Crippen molar-refractivity contribution in [3.63, 3.8) is 0 Å². The second-order valence-corrected chi connectivity index (χ2v) is 3.82. The van der Waals surface area contributed by atoms with Gasteiger partial charge in [0.25, 0.3) is 0 Å². The van der Waals surface area contributed by atoms with Gasteiger partial charge >= 0.3 is 0 Å². The molecule has 4 nitrogen and oxygen atoms in total. The van der Waals surface area contributed by atoms with Crippen LogP contribution in [0.5, 0.6) is 5.88 Å². The van der Waals surface area contributed by atoms with Crippen LogP contribution in [0.2, 0.25) is 0 Å². The Balaban J connectivity index is 2.70. The summed E-state index contributed by atoms with van der Waals surface area (Å²) in [5, 5.41) is 4.55. The minimum atomic E-state index is 0.00220. The van der Waals surface area contributed by atoms with E-state index in [1.165, 1.54) is 7.11 Å². The zero-order valence-electron chi connectivity index (χ0n) is 7.07. The smallest absolute Gasteiger partial charge is 0.229 e. The number of rotatable bonds is 2. The van der Waals surface area contributed by atoms with E-state index in [1.54, 1.807) is 12.3 Å². The third-order valence-corrected chi connectivity index (χ3v) is 2.66. The third-order valence-electron chi connectivity index (χ3n) is 1.69. The molecule has 0 fully saturated rings. The molecule has 0 aromatic carbocycles. The minimum absolute atomic E-state index is 0.00220. The molecule has 0 bridgehead atoms. The number of halogens is 2. The van der Waals surface area contributed by atoms with Gasteiger partial charge in [-0.1, -0.05) is 0 Å². The summed E-state index contributed by atoms with van der Waals surface area (Å²) in [5.74, 6) is 0.410. The molecule has 2 aromatic rings. The quantitative estimate of drug-likeness (QED) is 0.846. The molecule has 2 rings (SSSR count). The number of hydrogen-bond donors (Lipinski definition) is 0. The largest absolute Gasteiger partial charge is 0.480 e. The Bertz CT molecular complexity index is 475. The summed E-state index contributed by atoms with van der Waals surface area (Å²) in [6.45, 7) is 0. The first-order chi connectivity index (χ1) is 6.76. The average molecular weight is 278 g/mol. The van der Waals surface area contributed by atoms with Crippen molar-refractivity contribution in [3.8, 4) is 5.88 Å². The maximum Gasteiger partial charge on any atom is 0.229 e.